The molecule has 9 nitrogen and oxygen atoms in total. The van der Waals surface area contributed by atoms with Gasteiger partial charge in [0.15, 0.2) is 11.5 Å². The second-order valence-corrected chi connectivity index (χ2v) is 9.11. The third kappa shape index (κ3) is 4.13. The lowest BCUT2D eigenvalue weighted by molar-refractivity contribution is -0.132. The molecule has 6 rings (SSSR count). The first-order chi connectivity index (χ1) is 18.5. The van der Waals surface area contributed by atoms with Gasteiger partial charge in [-0.15, -0.1) is 5.10 Å². The fraction of sp³-hybridized carbons (Fsp3) is 0.214. The van der Waals surface area contributed by atoms with E-state index in [0.717, 1.165) is 11.4 Å². The van der Waals surface area contributed by atoms with E-state index in [2.05, 4.69) is 15.0 Å². The molecule has 3 heterocycles. The van der Waals surface area contributed by atoms with Gasteiger partial charge < -0.3 is 14.5 Å². The van der Waals surface area contributed by atoms with Gasteiger partial charge in [0.05, 0.1) is 18.3 Å². The molecule has 0 N–H and O–H groups in total. The normalized spacial score (nSPS) is 13.8. The highest BCUT2D eigenvalue weighted by Crippen LogP contribution is 2.28. The maximum Gasteiger partial charge on any atom is 0.351 e. The molecule has 0 unspecified atom stereocenters. The number of fused-ring (bicyclic) bond motifs is 3. The van der Waals surface area contributed by atoms with E-state index in [0.29, 0.717) is 48.3 Å². The molecular weight excluding hydrogens is 487 g/mol. The van der Waals surface area contributed by atoms with Crippen molar-refractivity contribution < 1.29 is 13.9 Å². The highest BCUT2D eigenvalue weighted by atomic mass is 19.1. The van der Waals surface area contributed by atoms with E-state index >= 15 is 0 Å². The van der Waals surface area contributed by atoms with Crippen molar-refractivity contribution in [2.24, 2.45) is 0 Å². The minimum absolute atomic E-state index is 0.126. The number of methoxy groups -OCH3 is 1. The molecule has 1 saturated heterocycles. The summed E-state index contributed by atoms with van der Waals surface area (Å²) in [6.07, 6.45) is 0. The number of piperazine rings is 1. The van der Waals surface area contributed by atoms with Gasteiger partial charge in [-0.05, 0) is 36.4 Å². The smallest absolute Gasteiger partial charge is 0.351 e. The Bertz CT molecular complexity index is 1720. The zero-order valence-electron chi connectivity index (χ0n) is 20.7. The largest absolute Gasteiger partial charge is 0.495 e. The highest BCUT2D eigenvalue weighted by Gasteiger charge is 2.25. The van der Waals surface area contributed by atoms with E-state index in [1.165, 1.54) is 21.2 Å². The summed E-state index contributed by atoms with van der Waals surface area (Å²) in [6.45, 7) is 2.23. The van der Waals surface area contributed by atoms with Gasteiger partial charge in [0.1, 0.15) is 18.1 Å². The summed E-state index contributed by atoms with van der Waals surface area (Å²) in [4.78, 5) is 35.4. The molecule has 0 spiro atoms. The van der Waals surface area contributed by atoms with Gasteiger partial charge in [0.2, 0.25) is 5.91 Å². The zero-order valence-corrected chi connectivity index (χ0v) is 20.7. The second-order valence-electron chi connectivity index (χ2n) is 9.11. The standard InChI is InChI=1S/C28H25FN6O3/c1-38-24-12-5-4-11-23(24)32-13-15-33(16-14-32)25(36)18-34-22-10-3-2-9-21(22)27-30-26(31-35(27)28(34)37)19-7-6-8-20(29)17-19/h2-12,17H,13-16,18H2,1H3. The van der Waals surface area contributed by atoms with E-state index in [4.69, 9.17) is 4.74 Å². The lowest BCUT2D eigenvalue weighted by Crippen LogP contribution is -2.50. The Morgan fingerprint density at radius 2 is 1.74 bits per heavy atom. The maximum atomic E-state index is 13.8. The van der Waals surface area contributed by atoms with Crippen LogP contribution in [0.2, 0.25) is 0 Å². The van der Waals surface area contributed by atoms with Gasteiger partial charge in [-0.3, -0.25) is 9.36 Å². The van der Waals surface area contributed by atoms with Gasteiger partial charge in [-0.1, -0.05) is 36.4 Å². The number of amides is 1. The SMILES string of the molecule is COc1ccccc1N1CCN(C(=O)Cn2c(=O)n3nc(-c4cccc(F)c4)nc3c3ccccc32)CC1. The Hall–Kier alpha value is -4.73. The Morgan fingerprint density at radius 1 is 0.974 bits per heavy atom. The average Bonchev–Trinajstić information content (AvgIpc) is 3.41. The topological polar surface area (TPSA) is 85.0 Å². The molecule has 1 aliphatic heterocycles. The van der Waals surface area contributed by atoms with Gasteiger partial charge in [-0.2, -0.15) is 4.52 Å². The summed E-state index contributed by atoms with van der Waals surface area (Å²) in [6, 6.07) is 21.0. The summed E-state index contributed by atoms with van der Waals surface area (Å²) in [7, 11) is 1.65. The molecule has 192 valence electrons. The van der Waals surface area contributed by atoms with Gasteiger partial charge in [0, 0.05) is 37.1 Å². The van der Waals surface area contributed by atoms with Gasteiger partial charge in [-0.25, -0.2) is 14.2 Å². The number of carbonyl (C=O) groups excluding carboxylic acids is 1. The fourth-order valence-corrected chi connectivity index (χ4v) is 4.96. The van der Waals surface area contributed by atoms with Crippen LogP contribution in [0.25, 0.3) is 27.9 Å². The van der Waals surface area contributed by atoms with Crippen molar-refractivity contribution in [1.82, 2.24) is 24.1 Å². The van der Waals surface area contributed by atoms with Crippen LogP contribution in [0.3, 0.4) is 0 Å². The number of aromatic nitrogens is 4. The van der Waals surface area contributed by atoms with Crippen LogP contribution in [0.4, 0.5) is 10.1 Å². The molecular formula is C28H25FN6O3. The number of hydrogen-bond acceptors (Lipinski definition) is 6. The quantitative estimate of drug-likeness (QED) is 0.360. The first kappa shape index (κ1) is 23.7. The number of rotatable bonds is 5. The van der Waals surface area contributed by atoms with Crippen molar-refractivity contribution in [2.75, 3.05) is 38.2 Å². The third-order valence-corrected chi connectivity index (χ3v) is 6.89. The third-order valence-electron chi connectivity index (χ3n) is 6.89. The first-order valence-corrected chi connectivity index (χ1v) is 12.3. The van der Waals surface area contributed by atoms with E-state index < -0.39 is 11.5 Å². The summed E-state index contributed by atoms with van der Waals surface area (Å²) < 4.78 is 21.9. The molecule has 0 radical (unpaired) electrons. The van der Waals surface area contributed by atoms with Crippen LogP contribution in [0.5, 0.6) is 5.75 Å². The molecule has 3 aromatic carbocycles. The van der Waals surface area contributed by atoms with Crippen LogP contribution < -0.4 is 15.3 Å². The van der Waals surface area contributed by atoms with Crippen LogP contribution in [0.1, 0.15) is 0 Å². The van der Waals surface area contributed by atoms with Crippen molar-refractivity contribution in [3.8, 4) is 17.1 Å². The van der Waals surface area contributed by atoms with E-state index in [-0.39, 0.29) is 18.3 Å². The molecule has 0 aliphatic carbocycles. The Kier molecular flexibility index (Phi) is 5.99. The fourth-order valence-electron chi connectivity index (χ4n) is 4.96. The summed E-state index contributed by atoms with van der Waals surface area (Å²) in [5.74, 6) is 0.467. The molecule has 0 bridgehead atoms. The van der Waals surface area contributed by atoms with Crippen molar-refractivity contribution >= 4 is 28.1 Å². The molecule has 10 heteroatoms. The maximum absolute atomic E-state index is 13.8. The lowest BCUT2D eigenvalue weighted by atomic mass is 10.2. The number of benzene rings is 3. The number of nitrogens with zero attached hydrogens (tertiary/aromatic N) is 6. The number of halogens is 1. The molecule has 0 atom stereocenters. The van der Waals surface area contributed by atoms with Crippen LogP contribution in [-0.4, -0.2) is 63.3 Å². The molecule has 5 aromatic rings. The summed E-state index contributed by atoms with van der Waals surface area (Å²) in [5.41, 5.74) is 1.93. The minimum atomic E-state index is -0.477. The Labute approximate surface area is 217 Å². The number of hydrogen-bond donors (Lipinski definition) is 0. The lowest BCUT2D eigenvalue weighted by Gasteiger charge is -2.36. The van der Waals surface area contributed by atoms with Crippen molar-refractivity contribution in [1.29, 1.82) is 0 Å². The molecule has 2 aromatic heterocycles. The van der Waals surface area contributed by atoms with Crippen LogP contribution in [0, 0.1) is 5.82 Å². The number of para-hydroxylation sites is 3. The van der Waals surface area contributed by atoms with Gasteiger partial charge in [0.25, 0.3) is 0 Å². The molecule has 1 amide bonds. The van der Waals surface area contributed by atoms with Gasteiger partial charge >= 0.3 is 5.69 Å². The monoisotopic (exact) mass is 512 g/mol. The second kappa shape index (κ2) is 9.62. The highest BCUT2D eigenvalue weighted by molar-refractivity contribution is 5.92. The van der Waals surface area contributed by atoms with Crippen molar-refractivity contribution in [2.45, 2.75) is 6.54 Å². The van der Waals surface area contributed by atoms with Crippen molar-refractivity contribution in [3.63, 3.8) is 0 Å². The van der Waals surface area contributed by atoms with E-state index in [9.17, 15) is 14.0 Å². The first-order valence-electron chi connectivity index (χ1n) is 12.3. The summed E-state index contributed by atoms with van der Waals surface area (Å²) in [5, 5.41) is 5.05. The molecule has 1 fully saturated rings. The Morgan fingerprint density at radius 3 is 2.53 bits per heavy atom. The van der Waals surface area contributed by atoms with Crippen LogP contribution in [0.15, 0.2) is 77.6 Å². The number of carbonyl (C=O) groups is 1. The summed E-state index contributed by atoms with van der Waals surface area (Å²) >= 11 is 0. The average molecular weight is 513 g/mol. The zero-order chi connectivity index (χ0) is 26.2. The van der Waals surface area contributed by atoms with E-state index in [1.807, 2.05) is 42.5 Å². The van der Waals surface area contributed by atoms with Crippen LogP contribution >= 0.6 is 0 Å². The minimum Gasteiger partial charge on any atom is -0.495 e. The Balaban J connectivity index is 1.29. The number of ether oxygens (including phenoxy) is 1. The van der Waals surface area contributed by atoms with E-state index in [1.54, 1.807) is 30.2 Å². The molecule has 1 aliphatic rings. The number of anilines is 1. The predicted octanol–water partition coefficient (Wildman–Crippen LogP) is 3.21. The predicted molar refractivity (Wildman–Crippen MR) is 142 cm³/mol. The molecule has 38 heavy (non-hydrogen) atoms. The molecule has 0 saturated carbocycles. The van der Waals surface area contributed by atoms with Crippen molar-refractivity contribution in [3.05, 3.63) is 89.1 Å². The van der Waals surface area contributed by atoms with Crippen LogP contribution in [-0.2, 0) is 11.3 Å².